The van der Waals surface area contributed by atoms with Crippen LogP contribution >= 0.6 is 0 Å². The lowest BCUT2D eigenvalue weighted by Crippen LogP contribution is -2.27. The fourth-order valence-electron chi connectivity index (χ4n) is 1.61. The van der Waals surface area contributed by atoms with Crippen molar-refractivity contribution in [2.24, 2.45) is 0 Å². The average Bonchev–Trinajstić information content (AvgIpc) is 2.20. The van der Waals surface area contributed by atoms with Gasteiger partial charge in [0.05, 0.1) is 0 Å². The summed E-state index contributed by atoms with van der Waals surface area (Å²) in [4.78, 5) is 8.49. The number of nitrogen functional groups attached to an aromatic ring is 1. The molecule has 0 amide bonds. The summed E-state index contributed by atoms with van der Waals surface area (Å²) in [7, 11) is 0. The molecule has 1 saturated carbocycles. The van der Waals surface area contributed by atoms with E-state index in [2.05, 4.69) is 15.3 Å². The Labute approximate surface area is 95.4 Å². The molecule has 0 bridgehead atoms. The third kappa shape index (κ3) is 2.82. The lowest BCUT2D eigenvalue weighted by atomic mass is 9.93. The van der Waals surface area contributed by atoms with E-state index in [1.54, 1.807) is 6.07 Å². The topological polar surface area (TPSA) is 73.1 Å². The summed E-state index contributed by atoms with van der Waals surface area (Å²) in [5, 5.41) is 3.35. The molecule has 0 unspecified atom stereocenters. The maximum Gasteiger partial charge on any atom is 0.158 e. The van der Waals surface area contributed by atoms with Crippen LogP contribution in [0.25, 0.3) is 0 Å². The van der Waals surface area contributed by atoms with Gasteiger partial charge in [-0.2, -0.15) is 0 Å². The third-order valence-electron chi connectivity index (χ3n) is 2.68. The van der Waals surface area contributed by atoms with Crippen LogP contribution in [0.15, 0.2) is 6.07 Å². The van der Waals surface area contributed by atoms with Gasteiger partial charge in [0.25, 0.3) is 0 Å². The molecule has 1 heterocycles. The first-order valence-corrected chi connectivity index (χ1v) is 5.75. The molecule has 5 nitrogen and oxygen atoms in total. The van der Waals surface area contributed by atoms with E-state index in [1.807, 2.05) is 6.92 Å². The zero-order valence-electron chi connectivity index (χ0n) is 9.57. The summed E-state index contributed by atoms with van der Waals surface area (Å²) in [5.74, 6) is 1.95. The van der Waals surface area contributed by atoms with Crippen LogP contribution in [0.3, 0.4) is 0 Å². The van der Waals surface area contributed by atoms with E-state index in [-0.39, 0.29) is 0 Å². The van der Waals surface area contributed by atoms with Crippen LogP contribution in [0.1, 0.15) is 32.0 Å². The second-order valence-electron chi connectivity index (χ2n) is 4.00. The van der Waals surface area contributed by atoms with Crippen molar-refractivity contribution < 1.29 is 4.74 Å². The van der Waals surface area contributed by atoms with Gasteiger partial charge in [-0.25, -0.2) is 9.97 Å². The molecule has 0 aromatic carbocycles. The molecule has 0 radical (unpaired) electrons. The standard InChI is InChI=1S/C11H18N4O/c1-2-16-7-11-14-9(12)6-10(15-11)13-8-4-3-5-8/h6,8H,2-5,7H2,1H3,(H3,12,13,14,15). The van der Waals surface area contributed by atoms with Crippen molar-refractivity contribution in [1.29, 1.82) is 0 Å². The van der Waals surface area contributed by atoms with Gasteiger partial charge in [0.15, 0.2) is 5.82 Å². The van der Waals surface area contributed by atoms with Gasteiger partial charge in [-0.3, -0.25) is 0 Å². The fourth-order valence-corrected chi connectivity index (χ4v) is 1.61. The molecule has 2 rings (SSSR count). The Hall–Kier alpha value is -1.36. The first-order chi connectivity index (χ1) is 7.78. The summed E-state index contributed by atoms with van der Waals surface area (Å²) in [6, 6.07) is 2.32. The summed E-state index contributed by atoms with van der Waals surface area (Å²) < 4.78 is 5.27. The minimum Gasteiger partial charge on any atom is -0.384 e. The Balaban J connectivity index is 2.02. The molecule has 3 N–H and O–H groups in total. The highest BCUT2D eigenvalue weighted by molar-refractivity contribution is 5.45. The number of rotatable bonds is 5. The van der Waals surface area contributed by atoms with Crippen molar-refractivity contribution in [3.05, 3.63) is 11.9 Å². The second-order valence-corrected chi connectivity index (χ2v) is 4.00. The van der Waals surface area contributed by atoms with Gasteiger partial charge in [-0.15, -0.1) is 0 Å². The Bertz CT molecular complexity index is 352. The van der Waals surface area contributed by atoms with Crippen LogP contribution in [-0.4, -0.2) is 22.6 Å². The quantitative estimate of drug-likeness (QED) is 0.791. The van der Waals surface area contributed by atoms with Gasteiger partial charge in [0.2, 0.25) is 0 Å². The zero-order valence-corrected chi connectivity index (χ0v) is 9.57. The van der Waals surface area contributed by atoms with Gasteiger partial charge >= 0.3 is 0 Å². The monoisotopic (exact) mass is 222 g/mol. The van der Waals surface area contributed by atoms with Crippen LogP contribution in [0.2, 0.25) is 0 Å². The highest BCUT2D eigenvalue weighted by atomic mass is 16.5. The molecule has 0 atom stereocenters. The van der Waals surface area contributed by atoms with E-state index in [9.17, 15) is 0 Å². The maximum absolute atomic E-state index is 5.72. The minimum absolute atomic E-state index is 0.418. The molecule has 16 heavy (non-hydrogen) atoms. The summed E-state index contributed by atoms with van der Waals surface area (Å²) in [6.45, 7) is 3.02. The van der Waals surface area contributed by atoms with Crippen LogP contribution < -0.4 is 11.1 Å². The highest BCUT2D eigenvalue weighted by Crippen LogP contribution is 2.22. The number of hydrogen-bond donors (Lipinski definition) is 2. The molecule has 1 fully saturated rings. The number of nitrogens with two attached hydrogens (primary N) is 1. The molecule has 0 saturated heterocycles. The number of ether oxygens (including phenoxy) is 1. The van der Waals surface area contributed by atoms with Crippen molar-refractivity contribution in [3.8, 4) is 0 Å². The predicted octanol–water partition coefficient (Wildman–Crippen LogP) is 1.56. The second kappa shape index (κ2) is 5.12. The Morgan fingerprint density at radius 1 is 1.50 bits per heavy atom. The smallest absolute Gasteiger partial charge is 0.158 e. The molecular weight excluding hydrogens is 204 g/mol. The van der Waals surface area contributed by atoms with Gasteiger partial charge in [-0.1, -0.05) is 0 Å². The Morgan fingerprint density at radius 2 is 2.31 bits per heavy atom. The van der Waals surface area contributed by atoms with E-state index in [1.165, 1.54) is 19.3 Å². The van der Waals surface area contributed by atoms with Gasteiger partial charge < -0.3 is 15.8 Å². The van der Waals surface area contributed by atoms with Gasteiger partial charge in [0.1, 0.15) is 18.2 Å². The molecule has 1 aliphatic rings. The van der Waals surface area contributed by atoms with Crippen molar-refractivity contribution in [3.63, 3.8) is 0 Å². The van der Waals surface area contributed by atoms with Crippen LogP contribution in [0, 0.1) is 0 Å². The van der Waals surface area contributed by atoms with Crippen LogP contribution in [0.4, 0.5) is 11.6 Å². The van der Waals surface area contributed by atoms with E-state index in [4.69, 9.17) is 10.5 Å². The number of anilines is 2. The Morgan fingerprint density at radius 3 is 2.94 bits per heavy atom. The molecule has 0 aliphatic heterocycles. The SMILES string of the molecule is CCOCc1nc(N)cc(NC2CCC2)n1. The van der Waals surface area contributed by atoms with E-state index < -0.39 is 0 Å². The van der Waals surface area contributed by atoms with Crippen molar-refractivity contribution in [2.75, 3.05) is 17.7 Å². The Kier molecular flexibility index (Phi) is 3.56. The molecule has 1 aromatic rings. The largest absolute Gasteiger partial charge is 0.384 e. The van der Waals surface area contributed by atoms with Crippen LogP contribution in [-0.2, 0) is 11.3 Å². The number of hydrogen-bond acceptors (Lipinski definition) is 5. The molecule has 1 aliphatic carbocycles. The van der Waals surface area contributed by atoms with Crippen molar-refractivity contribution in [1.82, 2.24) is 9.97 Å². The predicted molar refractivity (Wildman–Crippen MR) is 63.0 cm³/mol. The summed E-state index contributed by atoms with van der Waals surface area (Å²) in [6.07, 6.45) is 3.72. The third-order valence-corrected chi connectivity index (χ3v) is 2.68. The number of nitrogens with one attached hydrogen (secondary N) is 1. The molecule has 5 heteroatoms. The first kappa shape index (κ1) is 11.1. The first-order valence-electron chi connectivity index (χ1n) is 5.75. The molecular formula is C11H18N4O. The molecule has 88 valence electrons. The lowest BCUT2D eigenvalue weighted by molar-refractivity contribution is 0.128. The summed E-state index contributed by atoms with van der Waals surface area (Å²) in [5.41, 5.74) is 5.72. The van der Waals surface area contributed by atoms with Crippen molar-refractivity contribution in [2.45, 2.75) is 38.8 Å². The molecule has 0 spiro atoms. The number of nitrogens with zero attached hydrogens (tertiary/aromatic N) is 2. The van der Waals surface area contributed by atoms with E-state index in [0.717, 1.165) is 5.82 Å². The lowest BCUT2D eigenvalue weighted by Gasteiger charge is -2.27. The number of aromatic nitrogens is 2. The zero-order chi connectivity index (χ0) is 11.4. The molecule has 1 aromatic heterocycles. The summed E-state index contributed by atoms with van der Waals surface area (Å²) >= 11 is 0. The average molecular weight is 222 g/mol. The maximum atomic E-state index is 5.72. The van der Waals surface area contributed by atoms with E-state index >= 15 is 0 Å². The van der Waals surface area contributed by atoms with Gasteiger partial charge in [0, 0.05) is 18.7 Å². The van der Waals surface area contributed by atoms with Crippen molar-refractivity contribution >= 4 is 11.6 Å². The van der Waals surface area contributed by atoms with Gasteiger partial charge in [-0.05, 0) is 26.2 Å². The van der Waals surface area contributed by atoms with E-state index in [0.29, 0.717) is 30.9 Å². The van der Waals surface area contributed by atoms with Crippen LogP contribution in [0.5, 0.6) is 0 Å². The normalized spacial score (nSPS) is 15.8. The highest BCUT2D eigenvalue weighted by Gasteiger charge is 2.17. The minimum atomic E-state index is 0.418. The fraction of sp³-hybridized carbons (Fsp3) is 0.636.